The van der Waals surface area contributed by atoms with Gasteiger partial charge in [-0.1, -0.05) is 25.1 Å². The van der Waals surface area contributed by atoms with Crippen LogP contribution in [0.1, 0.15) is 33.6 Å². The Labute approximate surface area is 130 Å². The summed E-state index contributed by atoms with van der Waals surface area (Å²) in [5, 5.41) is 0.467. The normalized spacial score (nSPS) is 26.0. The van der Waals surface area contributed by atoms with Gasteiger partial charge in [-0.3, -0.25) is 4.90 Å². The zero-order chi connectivity index (χ0) is 16.2. The van der Waals surface area contributed by atoms with Gasteiger partial charge >= 0.3 is 6.18 Å². The van der Waals surface area contributed by atoms with Gasteiger partial charge in [-0.25, -0.2) is 0 Å². The van der Waals surface area contributed by atoms with Crippen LogP contribution < -0.4 is 0 Å². The summed E-state index contributed by atoms with van der Waals surface area (Å²) in [6.45, 7) is 10.4. The van der Waals surface area contributed by atoms with Crippen LogP contribution in [0, 0.1) is 5.92 Å². The van der Waals surface area contributed by atoms with Crippen molar-refractivity contribution in [3.8, 4) is 0 Å². The van der Waals surface area contributed by atoms with Gasteiger partial charge in [0.15, 0.2) is 0 Å². The maximum Gasteiger partial charge on any atom is 0.415 e. The summed E-state index contributed by atoms with van der Waals surface area (Å²) in [6, 6.07) is 0.368. The van der Waals surface area contributed by atoms with Crippen molar-refractivity contribution in [1.29, 1.82) is 0 Å². The maximum absolute atomic E-state index is 12.7. The molecule has 0 N–H and O–H groups in total. The van der Waals surface area contributed by atoms with Crippen LogP contribution in [0.3, 0.4) is 0 Å². The van der Waals surface area contributed by atoms with Crippen molar-refractivity contribution in [2.75, 3.05) is 13.1 Å². The van der Waals surface area contributed by atoms with Crippen molar-refractivity contribution in [1.82, 2.24) is 4.90 Å². The molecule has 1 heterocycles. The molecule has 21 heavy (non-hydrogen) atoms. The minimum Gasteiger partial charge on any atom is -0.296 e. The standard InChI is InChI=1S/C16H23ClF3N/c1-11-5-6-14(4)21(9-11)10-15(8-13(3)17)7-12(2)16(18,19)20/h7-8,11,14H,2,5-6,9-10H2,1,3-4H3/b13-8+,15-7+. The molecule has 0 saturated carbocycles. The molecule has 0 aromatic rings. The number of rotatable bonds is 4. The second kappa shape index (κ2) is 7.50. The van der Waals surface area contributed by atoms with Crippen LogP contribution in [0.25, 0.3) is 0 Å². The first-order valence-corrected chi connectivity index (χ1v) is 7.52. The molecule has 1 saturated heterocycles. The van der Waals surface area contributed by atoms with Gasteiger partial charge in [0.05, 0.1) is 0 Å². The number of piperidine rings is 1. The molecule has 1 aliphatic rings. The molecule has 1 rings (SSSR count). The molecule has 0 aromatic carbocycles. The lowest BCUT2D eigenvalue weighted by Crippen LogP contribution is -2.41. The van der Waals surface area contributed by atoms with E-state index in [0.717, 1.165) is 25.5 Å². The minimum absolute atomic E-state index is 0.368. The SMILES string of the molecule is C=C(/C=C(\C=C(/C)Cl)CN1CC(C)CCC1C)C(F)(F)F. The van der Waals surface area contributed by atoms with Crippen molar-refractivity contribution in [3.63, 3.8) is 0 Å². The number of hydrogen-bond acceptors (Lipinski definition) is 1. The van der Waals surface area contributed by atoms with E-state index in [9.17, 15) is 13.2 Å². The van der Waals surface area contributed by atoms with E-state index in [1.807, 2.05) is 0 Å². The van der Waals surface area contributed by atoms with Gasteiger partial charge in [0, 0.05) is 29.7 Å². The van der Waals surface area contributed by atoms with E-state index in [1.54, 1.807) is 13.0 Å². The fourth-order valence-electron chi connectivity index (χ4n) is 2.53. The molecule has 1 aliphatic heterocycles. The lowest BCUT2D eigenvalue weighted by atomic mass is 9.94. The first-order chi connectivity index (χ1) is 9.59. The summed E-state index contributed by atoms with van der Waals surface area (Å²) in [7, 11) is 0. The summed E-state index contributed by atoms with van der Waals surface area (Å²) in [5.41, 5.74) is -0.296. The molecule has 2 atom stereocenters. The van der Waals surface area contributed by atoms with Crippen LogP contribution in [0.5, 0.6) is 0 Å². The second-order valence-corrected chi connectivity index (χ2v) is 6.53. The van der Waals surface area contributed by atoms with Crippen LogP contribution in [-0.2, 0) is 0 Å². The maximum atomic E-state index is 12.7. The number of allylic oxidation sites excluding steroid dienone is 3. The topological polar surface area (TPSA) is 3.24 Å². The smallest absolute Gasteiger partial charge is 0.296 e. The molecule has 0 bridgehead atoms. The predicted molar refractivity (Wildman–Crippen MR) is 82.3 cm³/mol. The summed E-state index contributed by atoms with van der Waals surface area (Å²) >= 11 is 5.84. The van der Waals surface area contributed by atoms with Gasteiger partial charge in [0.1, 0.15) is 0 Å². The highest BCUT2D eigenvalue weighted by Gasteiger charge is 2.31. The Hall–Kier alpha value is -0.740. The highest BCUT2D eigenvalue weighted by atomic mass is 35.5. The average molecular weight is 322 g/mol. The molecular formula is C16H23ClF3N. The molecule has 1 fully saturated rings. The predicted octanol–water partition coefficient (Wildman–Crippen LogP) is 5.29. The van der Waals surface area contributed by atoms with Crippen LogP contribution in [0.15, 0.2) is 34.9 Å². The van der Waals surface area contributed by atoms with Crippen LogP contribution in [-0.4, -0.2) is 30.2 Å². The van der Waals surface area contributed by atoms with Crippen molar-refractivity contribution < 1.29 is 13.2 Å². The highest BCUT2D eigenvalue weighted by Crippen LogP contribution is 2.28. The summed E-state index contributed by atoms with van der Waals surface area (Å²) in [6.07, 6.45) is 0.511. The molecule has 5 heteroatoms. The van der Waals surface area contributed by atoms with E-state index in [2.05, 4.69) is 25.3 Å². The Morgan fingerprint density at radius 3 is 2.43 bits per heavy atom. The molecule has 0 aliphatic carbocycles. The molecule has 2 unspecified atom stereocenters. The highest BCUT2D eigenvalue weighted by molar-refractivity contribution is 6.29. The fourth-order valence-corrected chi connectivity index (χ4v) is 2.67. The Morgan fingerprint density at radius 1 is 1.29 bits per heavy atom. The number of nitrogens with zero attached hydrogens (tertiary/aromatic N) is 1. The Balaban J connectivity index is 2.91. The summed E-state index contributed by atoms with van der Waals surface area (Å²) in [5.74, 6) is 0.564. The molecule has 0 spiro atoms. The van der Waals surface area contributed by atoms with Crippen molar-refractivity contribution in [3.05, 3.63) is 34.9 Å². The van der Waals surface area contributed by atoms with E-state index >= 15 is 0 Å². The number of halogens is 4. The fraction of sp³-hybridized carbons (Fsp3) is 0.625. The van der Waals surface area contributed by atoms with Crippen molar-refractivity contribution in [2.45, 2.75) is 45.8 Å². The molecule has 0 radical (unpaired) electrons. The van der Waals surface area contributed by atoms with E-state index in [1.165, 1.54) is 0 Å². The largest absolute Gasteiger partial charge is 0.415 e. The van der Waals surface area contributed by atoms with E-state index in [0.29, 0.717) is 29.1 Å². The Morgan fingerprint density at radius 2 is 1.90 bits per heavy atom. The molecular weight excluding hydrogens is 299 g/mol. The zero-order valence-corrected chi connectivity index (χ0v) is 13.6. The third kappa shape index (κ3) is 6.27. The third-order valence-electron chi connectivity index (χ3n) is 3.74. The third-order valence-corrected chi connectivity index (χ3v) is 3.85. The van der Waals surface area contributed by atoms with Crippen LogP contribution in [0.2, 0.25) is 0 Å². The molecule has 120 valence electrons. The molecule has 0 amide bonds. The van der Waals surface area contributed by atoms with Gasteiger partial charge in [-0.2, -0.15) is 13.2 Å². The van der Waals surface area contributed by atoms with Crippen LogP contribution in [0.4, 0.5) is 13.2 Å². The van der Waals surface area contributed by atoms with Crippen LogP contribution >= 0.6 is 11.6 Å². The summed E-state index contributed by atoms with van der Waals surface area (Å²) in [4.78, 5) is 2.21. The first-order valence-electron chi connectivity index (χ1n) is 7.14. The number of hydrogen-bond donors (Lipinski definition) is 0. The molecule has 0 aromatic heterocycles. The van der Waals surface area contributed by atoms with Gasteiger partial charge < -0.3 is 0 Å². The molecule has 1 nitrogen and oxygen atoms in total. The summed E-state index contributed by atoms with van der Waals surface area (Å²) < 4.78 is 38.0. The lowest BCUT2D eigenvalue weighted by molar-refractivity contribution is -0.0878. The average Bonchev–Trinajstić information content (AvgIpc) is 2.31. The first kappa shape index (κ1) is 18.3. The van der Waals surface area contributed by atoms with E-state index in [-0.39, 0.29) is 0 Å². The van der Waals surface area contributed by atoms with E-state index in [4.69, 9.17) is 11.6 Å². The van der Waals surface area contributed by atoms with Gasteiger partial charge in [0.25, 0.3) is 0 Å². The van der Waals surface area contributed by atoms with E-state index < -0.39 is 11.7 Å². The van der Waals surface area contributed by atoms with Gasteiger partial charge in [0.2, 0.25) is 0 Å². The monoisotopic (exact) mass is 321 g/mol. The number of alkyl halides is 3. The second-order valence-electron chi connectivity index (χ2n) is 5.93. The minimum atomic E-state index is -4.40. The Bertz CT molecular complexity index is 433. The Kier molecular flexibility index (Phi) is 6.54. The quantitative estimate of drug-likeness (QED) is 0.635. The zero-order valence-electron chi connectivity index (χ0n) is 12.8. The van der Waals surface area contributed by atoms with Crippen molar-refractivity contribution in [2.24, 2.45) is 5.92 Å². The lowest BCUT2D eigenvalue weighted by Gasteiger charge is -2.37. The number of likely N-dealkylation sites (tertiary alicyclic amines) is 1. The van der Waals surface area contributed by atoms with Gasteiger partial charge in [-0.05, 0) is 50.3 Å². The van der Waals surface area contributed by atoms with Crippen molar-refractivity contribution >= 4 is 11.6 Å². The van der Waals surface area contributed by atoms with Gasteiger partial charge in [-0.15, -0.1) is 0 Å².